The third-order valence-corrected chi connectivity index (χ3v) is 10.5. The number of carbonyl (C=O) groups is 3. The van der Waals surface area contributed by atoms with Crippen LogP contribution in [-0.4, -0.2) is 109 Å². The molecule has 300 valence electrons. The van der Waals surface area contributed by atoms with Crippen LogP contribution in [0.15, 0.2) is 60.2 Å². The predicted octanol–water partition coefficient (Wildman–Crippen LogP) is 4.07. The van der Waals surface area contributed by atoms with Crippen LogP contribution in [0.5, 0.6) is 17.2 Å². The molecular weight excluding hydrogens is 733 g/mol. The Labute approximate surface area is 323 Å². The molecule has 7 rings (SSSR count). The SMILES string of the molecule is COc1cc(CN(C(=O)C2=C(c3ccc(CCCOc4c(F)ccc(F)c4F)cc3)C[C@@H]3CN(C(=O)C4C[C@@H](O)CN4)C[C@H]2N3)C2CC2)cc(OC)c1.O=CO. The maximum Gasteiger partial charge on any atom is 0.290 e. The Balaban J connectivity index is 0.00000172. The summed E-state index contributed by atoms with van der Waals surface area (Å²) in [7, 11) is 3.19. The molecule has 15 heteroatoms. The van der Waals surface area contributed by atoms with Gasteiger partial charge >= 0.3 is 0 Å². The fraction of sp³-hybridized carbons (Fsp3) is 0.439. The van der Waals surface area contributed by atoms with E-state index in [1.165, 1.54) is 0 Å². The lowest BCUT2D eigenvalue weighted by Crippen LogP contribution is -2.63. The van der Waals surface area contributed by atoms with Gasteiger partial charge in [-0.3, -0.25) is 14.4 Å². The highest BCUT2D eigenvalue weighted by Gasteiger charge is 2.44. The van der Waals surface area contributed by atoms with E-state index in [0.29, 0.717) is 68.9 Å². The van der Waals surface area contributed by atoms with Crippen molar-refractivity contribution < 1.29 is 52.0 Å². The normalized spacial score (nSPS) is 21.5. The van der Waals surface area contributed by atoms with Crippen molar-refractivity contribution in [2.24, 2.45) is 0 Å². The molecular formula is C41H47F3N4O8. The Morgan fingerprint density at radius 3 is 2.27 bits per heavy atom. The molecule has 1 unspecified atom stereocenters. The zero-order valence-corrected chi connectivity index (χ0v) is 31.3. The number of halogens is 3. The number of aliphatic hydroxyl groups excluding tert-OH is 1. The number of β-amino-alcohol motifs (C(OH)–C–C–N with tert-alkyl or cyclic N) is 1. The zero-order chi connectivity index (χ0) is 39.9. The van der Waals surface area contributed by atoms with Crippen molar-refractivity contribution in [3.05, 3.63) is 94.3 Å². The number of rotatable bonds is 13. The van der Waals surface area contributed by atoms with Crippen molar-refractivity contribution in [1.82, 2.24) is 20.4 Å². The quantitative estimate of drug-likeness (QED) is 0.114. The Kier molecular flexibility index (Phi) is 13.2. The Morgan fingerprint density at radius 1 is 0.964 bits per heavy atom. The molecule has 0 aromatic heterocycles. The number of aryl methyl sites for hydroxylation is 1. The zero-order valence-electron chi connectivity index (χ0n) is 31.3. The minimum Gasteiger partial charge on any atom is -0.497 e. The van der Waals surface area contributed by atoms with Crippen molar-refractivity contribution in [3.63, 3.8) is 0 Å². The van der Waals surface area contributed by atoms with E-state index in [4.69, 9.17) is 24.1 Å². The van der Waals surface area contributed by atoms with Crippen LogP contribution in [0.1, 0.15) is 48.8 Å². The third-order valence-electron chi connectivity index (χ3n) is 10.5. The summed E-state index contributed by atoms with van der Waals surface area (Å²) in [5.74, 6) is -3.06. The van der Waals surface area contributed by atoms with Crippen LogP contribution < -0.4 is 24.8 Å². The Morgan fingerprint density at radius 2 is 1.64 bits per heavy atom. The number of hydrogen-bond acceptors (Lipinski definition) is 9. The molecule has 2 saturated heterocycles. The van der Waals surface area contributed by atoms with Crippen molar-refractivity contribution >= 4 is 23.9 Å². The molecule has 3 aliphatic heterocycles. The van der Waals surface area contributed by atoms with Crippen molar-refractivity contribution in [2.75, 3.05) is 40.5 Å². The molecule has 0 spiro atoms. The predicted molar refractivity (Wildman–Crippen MR) is 200 cm³/mol. The lowest BCUT2D eigenvalue weighted by atomic mass is 9.82. The maximum atomic E-state index is 14.9. The molecule has 0 radical (unpaired) electrons. The fourth-order valence-electron chi connectivity index (χ4n) is 7.70. The monoisotopic (exact) mass is 780 g/mol. The van der Waals surface area contributed by atoms with Crippen LogP contribution >= 0.6 is 0 Å². The second kappa shape index (κ2) is 18.2. The maximum absolute atomic E-state index is 14.9. The van der Waals surface area contributed by atoms with Gasteiger partial charge in [0.15, 0.2) is 17.4 Å². The van der Waals surface area contributed by atoms with Crippen LogP contribution in [-0.2, 0) is 27.3 Å². The van der Waals surface area contributed by atoms with Gasteiger partial charge in [0.05, 0.1) is 39.0 Å². The first-order valence-corrected chi connectivity index (χ1v) is 18.7. The molecule has 3 fully saturated rings. The first-order chi connectivity index (χ1) is 27.0. The second-order valence-electron chi connectivity index (χ2n) is 14.4. The summed E-state index contributed by atoms with van der Waals surface area (Å²) in [6.07, 6.45) is 3.12. The number of aliphatic hydroxyl groups is 1. The second-order valence-corrected chi connectivity index (χ2v) is 14.4. The summed E-state index contributed by atoms with van der Waals surface area (Å²) < 4.78 is 57.8. The van der Waals surface area contributed by atoms with Gasteiger partial charge in [0.1, 0.15) is 11.5 Å². The molecule has 4 N–H and O–H groups in total. The van der Waals surface area contributed by atoms with E-state index < -0.39 is 41.4 Å². The summed E-state index contributed by atoms with van der Waals surface area (Å²) >= 11 is 0. The molecule has 3 heterocycles. The van der Waals surface area contributed by atoms with Crippen molar-refractivity contribution in [1.29, 1.82) is 0 Å². The molecule has 56 heavy (non-hydrogen) atoms. The number of benzene rings is 3. The molecule has 3 aromatic carbocycles. The number of nitrogens with one attached hydrogen (secondary N) is 2. The molecule has 1 aliphatic carbocycles. The highest BCUT2D eigenvalue weighted by atomic mass is 19.2. The van der Waals surface area contributed by atoms with Gasteiger partial charge in [0.2, 0.25) is 11.7 Å². The van der Waals surface area contributed by atoms with Gasteiger partial charge in [0, 0.05) is 49.9 Å². The summed E-state index contributed by atoms with van der Waals surface area (Å²) in [4.78, 5) is 40.6. The number of amides is 2. The molecule has 2 bridgehead atoms. The standard InChI is InChI=1S/C40H45F3N4O6.CH2O2/c1-51-29-14-24(15-30(18-29)52-2)20-47(27-9-10-27)40(50)36-31(16-26-21-46(22-35(36)45-26)39(49)34-17-28(48)19-44-34)25-7-5-23(6-8-25)4-3-13-53-38-33(42)12-11-32(41)37(38)43;2-1-3/h5-8,11-12,14-15,18,26-28,34-35,44-45,48H,3-4,9-10,13,16-17,19-22H2,1-2H3;1H,(H,2,3)/t26-,28-,34?,35-;/m1./s1. The number of carboxylic acid groups (broad SMARTS) is 1. The molecule has 1 saturated carbocycles. The summed E-state index contributed by atoms with van der Waals surface area (Å²) in [6.45, 7) is 1.29. The van der Waals surface area contributed by atoms with Crippen LogP contribution in [0.25, 0.3) is 5.57 Å². The lowest BCUT2D eigenvalue weighted by molar-refractivity contribution is -0.136. The van der Waals surface area contributed by atoms with Gasteiger partial charge in [-0.25, -0.2) is 8.78 Å². The van der Waals surface area contributed by atoms with Gasteiger partial charge in [-0.15, -0.1) is 0 Å². The van der Waals surface area contributed by atoms with Gasteiger partial charge < -0.3 is 44.9 Å². The molecule has 2 amide bonds. The first kappa shape index (κ1) is 40.5. The smallest absolute Gasteiger partial charge is 0.290 e. The molecule has 3 aromatic rings. The van der Waals surface area contributed by atoms with Gasteiger partial charge in [-0.05, 0) is 85.1 Å². The van der Waals surface area contributed by atoms with E-state index in [-0.39, 0.29) is 37.0 Å². The first-order valence-electron chi connectivity index (χ1n) is 18.7. The van der Waals surface area contributed by atoms with E-state index >= 15 is 0 Å². The van der Waals surface area contributed by atoms with E-state index in [2.05, 4.69) is 10.6 Å². The van der Waals surface area contributed by atoms with Gasteiger partial charge in [0.25, 0.3) is 12.4 Å². The Hall–Kier alpha value is -5.12. The fourth-order valence-corrected chi connectivity index (χ4v) is 7.70. The minimum atomic E-state index is -1.34. The van der Waals surface area contributed by atoms with E-state index in [9.17, 15) is 27.9 Å². The largest absolute Gasteiger partial charge is 0.497 e. The third kappa shape index (κ3) is 9.45. The topological polar surface area (TPSA) is 150 Å². The molecule has 12 nitrogen and oxygen atoms in total. The molecule has 4 aliphatic rings. The van der Waals surface area contributed by atoms with E-state index in [0.717, 1.165) is 47.2 Å². The van der Waals surface area contributed by atoms with Crippen LogP contribution in [0, 0.1) is 17.5 Å². The number of fused-ring (bicyclic) bond motifs is 2. The number of carbonyl (C=O) groups excluding carboxylic acids is 2. The van der Waals surface area contributed by atoms with E-state index in [1.54, 1.807) is 20.3 Å². The average Bonchev–Trinajstić information content (AvgIpc) is 3.95. The van der Waals surface area contributed by atoms with E-state index in [1.807, 2.05) is 46.2 Å². The van der Waals surface area contributed by atoms with Gasteiger partial charge in [-0.2, -0.15) is 4.39 Å². The number of nitrogens with zero attached hydrogens (tertiary/aromatic N) is 2. The minimum absolute atomic E-state index is 0.00139. The highest BCUT2D eigenvalue weighted by Crippen LogP contribution is 2.38. The van der Waals surface area contributed by atoms with Gasteiger partial charge in [-0.1, -0.05) is 24.3 Å². The summed E-state index contributed by atoms with van der Waals surface area (Å²) in [5.41, 5.74) is 4.33. The van der Waals surface area contributed by atoms with Crippen LogP contribution in [0.3, 0.4) is 0 Å². The lowest BCUT2D eigenvalue weighted by Gasteiger charge is -2.45. The molecule has 4 atom stereocenters. The number of piperazine rings is 1. The number of hydrogen-bond donors (Lipinski definition) is 4. The summed E-state index contributed by atoms with van der Waals surface area (Å²) in [5, 5.41) is 23.8. The Bertz CT molecular complexity index is 1900. The highest BCUT2D eigenvalue weighted by molar-refractivity contribution is 6.03. The summed E-state index contributed by atoms with van der Waals surface area (Å²) in [6, 6.07) is 14.3. The van der Waals surface area contributed by atoms with Crippen LogP contribution in [0.2, 0.25) is 0 Å². The average molecular weight is 781 g/mol. The van der Waals surface area contributed by atoms with Crippen molar-refractivity contribution in [2.45, 2.75) is 75.3 Å². The number of methoxy groups -OCH3 is 2. The number of ether oxygens (including phenoxy) is 3. The van der Waals surface area contributed by atoms with Crippen molar-refractivity contribution in [3.8, 4) is 17.2 Å². The van der Waals surface area contributed by atoms with Crippen LogP contribution in [0.4, 0.5) is 13.2 Å².